The van der Waals surface area contributed by atoms with Crippen LogP contribution >= 0.6 is 0 Å². The van der Waals surface area contributed by atoms with Crippen molar-refractivity contribution in [1.29, 1.82) is 0 Å². The maximum Gasteiger partial charge on any atom is 0.102 e. The van der Waals surface area contributed by atoms with Crippen LogP contribution in [-0.4, -0.2) is 12.8 Å². The van der Waals surface area contributed by atoms with Crippen molar-refractivity contribution < 1.29 is 4.74 Å². The fourth-order valence-corrected chi connectivity index (χ4v) is 0.797. The third kappa shape index (κ3) is 4.73. The van der Waals surface area contributed by atoms with E-state index in [1.54, 1.807) is 0 Å². The van der Waals surface area contributed by atoms with Crippen molar-refractivity contribution in [2.24, 2.45) is 17.1 Å². The summed E-state index contributed by atoms with van der Waals surface area (Å²) in [7, 11) is 0. The molecule has 0 spiro atoms. The lowest BCUT2D eigenvalue weighted by Gasteiger charge is -2.29. The summed E-state index contributed by atoms with van der Waals surface area (Å²) in [6.45, 7) is 11.6. The first-order chi connectivity index (χ1) is 5.36. The van der Waals surface area contributed by atoms with E-state index >= 15 is 0 Å². The van der Waals surface area contributed by atoms with Crippen LogP contribution in [0.4, 0.5) is 0 Å². The van der Waals surface area contributed by atoms with Gasteiger partial charge in [0, 0.05) is 6.61 Å². The summed E-state index contributed by atoms with van der Waals surface area (Å²) in [5.74, 6) is 0.689. The summed E-state index contributed by atoms with van der Waals surface area (Å²) in [4.78, 5) is 0. The van der Waals surface area contributed by atoms with E-state index in [0.717, 1.165) is 13.0 Å². The molecule has 0 aliphatic carbocycles. The number of hydrogen-bond acceptors (Lipinski definition) is 2. The zero-order chi connectivity index (χ0) is 9.78. The van der Waals surface area contributed by atoms with Crippen molar-refractivity contribution in [3.8, 4) is 0 Å². The van der Waals surface area contributed by atoms with Crippen molar-refractivity contribution >= 4 is 0 Å². The summed E-state index contributed by atoms with van der Waals surface area (Å²) >= 11 is 0. The molecule has 0 fully saturated rings. The Morgan fingerprint density at radius 1 is 1.25 bits per heavy atom. The molecule has 0 aromatic carbocycles. The van der Waals surface area contributed by atoms with Crippen LogP contribution < -0.4 is 5.73 Å². The summed E-state index contributed by atoms with van der Waals surface area (Å²) in [6, 6.07) is 0. The lowest BCUT2D eigenvalue weighted by molar-refractivity contribution is 0.0415. The highest BCUT2D eigenvalue weighted by Crippen LogP contribution is 2.29. The van der Waals surface area contributed by atoms with Crippen LogP contribution in [0.25, 0.3) is 0 Å². The molecular formula is C10H23NO. The first-order valence-corrected chi connectivity index (χ1v) is 4.73. The smallest absolute Gasteiger partial charge is 0.102 e. The van der Waals surface area contributed by atoms with Crippen LogP contribution in [-0.2, 0) is 4.74 Å². The maximum absolute atomic E-state index is 5.48. The molecule has 2 N–H and O–H groups in total. The Hall–Kier alpha value is -0.0800. The van der Waals surface area contributed by atoms with Crippen LogP contribution in [0, 0.1) is 11.3 Å². The Morgan fingerprint density at radius 3 is 2.08 bits per heavy atom. The fraction of sp³-hybridized carbons (Fsp3) is 1.00. The van der Waals surface area contributed by atoms with Gasteiger partial charge in [-0.25, -0.2) is 0 Å². The summed E-state index contributed by atoms with van der Waals surface area (Å²) in [6.07, 6.45) is 0.944. The first-order valence-electron chi connectivity index (χ1n) is 4.73. The number of nitrogens with two attached hydrogens (primary N) is 1. The van der Waals surface area contributed by atoms with E-state index in [9.17, 15) is 0 Å². The zero-order valence-corrected chi connectivity index (χ0v) is 9.05. The largest absolute Gasteiger partial charge is 0.364 e. The van der Waals surface area contributed by atoms with E-state index in [0.29, 0.717) is 11.3 Å². The molecule has 12 heavy (non-hydrogen) atoms. The number of rotatable bonds is 5. The monoisotopic (exact) mass is 173 g/mol. The van der Waals surface area contributed by atoms with Gasteiger partial charge in [-0.05, 0) is 24.7 Å². The SMILES string of the molecule is CC(N)OCCC(C)(C)C(C)C. The second-order valence-electron chi connectivity index (χ2n) is 4.47. The second kappa shape index (κ2) is 4.83. The van der Waals surface area contributed by atoms with Gasteiger partial charge in [-0.3, -0.25) is 0 Å². The molecule has 1 unspecified atom stereocenters. The summed E-state index contributed by atoms with van der Waals surface area (Å²) < 4.78 is 5.31. The molecule has 0 radical (unpaired) electrons. The fourth-order valence-electron chi connectivity index (χ4n) is 0.797. The van der Waals surface area contributed by atoms with Gasteiger partial charge in [0.2, 0.25) is 0 Å². The lowest BCUT2D eigenvalue weighted by atomic mass is 9.79. The molecule has 0 saturated carbocycles. The minimum absolute atomic E-state index is 0.132. The average molecular weight is 173 g/mol. The van der Waals surface area contributed by atoms with Crippen LogP contribution in [0.15, 0.2) is 0 Å². The molecule has 0 aromatic heterocycles. The van der Waals surface area contributed by atoms with E-state index in [-0.39, 0.29) is 6.23 Å². The Kier molecular flexibility index (Phi) is 4.80. The quantitative estimate of drug-likeness (QED) is 0.648. The van der Waals surface area contributed by atoms with Gasteiger partial charge in [0.05, 0.1) is 0 Å². The zero-order valence-electron chi connectivity index (χ0n) is 9.05. The van der Waals surface area contributed by atoms with Gasteiger partial charge in [0.25, 0.3) is 0 Å². The van der Waals surface area contributed by atoms with Crippen molar-refractivity contribution in [3.05, 3.63) is 0 Å². The highest BCUT2D eigenvalue weighted by atomic mass is 16.5. The third-order valence-electron chi connectivity index (χ3n) is 2.69. The van der Waals surface area contributed by atoms with Gasteiger partial charge in [0.15, 0.2) is 0 Å². The normalized spacial score (nSPS) is 15.2. The highest BCUT2D eigenvalue weighted by Gasteiger charge is 2.21. The van der Waals surface area contributed by atoms with E-state index < -0.39 is 0 Å². The predicted octanol–water partition coefficient (Wildman–Crippen LogP) is 2.38. The van der Waals surface area contributed by atoms with Gasteiger partial charge in [-0.2, -0.15) is 0 Å². The van der Waals surface area contributed by atoms with Gasteiger partial charge < -0.3 is 10.5 Å². The molecule has 0 saturated heterocycles. The molecule has 0 rings (SSSR count). The third-order valence-corrected chi connectivity index (χ3v) is 2.69. The number of hydrogen-bond donors (Lipinski definition) is 1. The standard InChI is InChI=1S/C10H23NO/c1-8(2)10(4,5)6-7-12-9(3)11/h8-9H,6-7,11H2,1-5H3. The lowest BCUT2D eigenvalue weighted by Crippen LogP contribution is -2.25. The Bertz CT molecular complexity index is 119. The van der Waals surface area contributed by atoms with Crippen LogP contribution in [0.5, 0.6) is 0 Å². The van der Waals surface area contributed by atoms with Crippen molar-refractivity contribution in [2.45, 2.75) is 47.3 Å². The number of ether oxygens (including phenoxy) is 1. The van der Waals surface area contributed by atoms with Crippen molar-refractivity contribution in [3.63, 3.8) is 0 Å². The second-order valence-corrected chi connectivity index (χ2v) is 4.47. The molecular weight excluding hydrogens is 150 g/mol. The molecule has 0 aliphatic rings. The van der Waals surface area contributed by atoms with Crippen LogP contribution in [0.3, 0.4) is 0 Å². The van der Waals surface area contributed by atoms with E-state index in [2.05, 4.69) is 27.7 Å². The van der Waals surface area contributed by atoms with Crippen LogP contribution in [0.1, 0.15) is 41.0 Å². The topological polar surface area (TPSA) is 35.2 Å². The Balaban J connectivity index is 3.61. The van der Waals surface area contributed by atoms with E-state index in [4.69, 9.17) is 10.5 Å². The molecule has 74 valence electrons. The van der Waals surface area contributed by atoms with Gasteiger partial charge in [-0.1, -0.05) is 27.7 Å². The molecule has 0 aromatic rings. The van der Waals surface area contributed by atoms with Crippen molar-refractivity contribution in [2.75, 3.05) is 6.61 Å². The first kappa shape index (κ1) is 11.9. The van der Waals surface area contributed by atoms with Gasteiger partial charge in [0.1, 0.15) is 6.23 Å². The van der Waals surface area contributed by atoms with Crippen LogP contribution in [0.2, 0.25) is 0 Å². The molecule has 0 heterocycles. The maximum atomic E-state index is 5.48. The minimum Gasteiger partial charge on any atom is -0.364 e. The minimum atomic E-state index is -0.132. The molecule has 2 heteroatoms. The highest BCUT2D eigenvalue weighted by molar-refractivity contribution is 4.71. The summed E-state index contributed by atoms with van der Waals surface area (Å²) in [5, 5.41) is 0. The van der Waals surface area contributed by atoms with E-state index in [1.807, 2.05) is 6.92 Å². The summed E-state index contributed by atoms with van der Waals surface area (Å²) in [5.41, 5.74) is 5.83. The Morgan fingerprint density at radius 2 is 1.75 bits per heavy atom. The van der Waals surface area contributed by atoms with E-state index in [1.165, 1.54) is 0 Å². The molecule has 0 amide bonds. The van der Waals surface area contributed by atoms with Gasteiger partial charge >= 0.3 is 0 Å². The molecule has 0 aliphatic heterocycles. The average Bonchev–Trinajstić information content (AvgIpc) is 1.85. The van der Waals surface area contributed by atoms with Gasteiger partial charge in [-0.15, -0.1) is 0 Å². The predicted molar refractivity (Wildman–Crippen MR) is 52.8 cm³/mol. The molecule has 1 atom stereocenters. The Labute approximate surface area is 76.5 Å². The van der Waals surface area contributed by atoms with Crippen molar-refractivity contribution in [1.82, 2.24) is 0 Å². The molecule has 2 nitrogen and oxygen atoms in total. The molecule has 0 bridgehead atoms.